The number of piperidine rings is 1. The maximum absolute atomic E-state index is 11.1. The van der Waals surface area contributed by atoms with E-state index in [4.69, 9.17) is 0 Å². The van der Waals surface area contributed by atoms with E-state index in [1.165, 1.54) is 12.8 Å². The minimum Gasteiger partial charge on any atom is -0.450 e. The molecule has 1 saturated carbocycles. The zero-order chi connectivity index (χ0) is 7.84. The molecule has 2 rings (SSSR count). The van der Waals surface area contributed by atoms with Crippen molar-refractivity contribution in [1.29, 1.82) is 0 Å². The smallest absolute Gasteiger partial charge is 0.325 e. The molecule has 0 amide bonds. The van der Waals surface area contributed by atoms with Crippen molar-refractivity contribution in [3.63, 3.8) is 0 Å². The summed E-state index contributed by atoms with van der Waals surface area (Å²) in [5.74, 6) is 0.412. The fraction of sp³-hybridized carbons (Fsp3) is 0.857. The van der Waals surface area contributed by atoms with Gasteiger partial charge in [-0.25, -0.2) is 0 Å². The minimum atomic E-state index is -0.123. The molecule has 4 heteroatoms. The van der Waals surface area contributed by atoms with Gasteiger partial charge < -0.3 is 9.84 Å². The van der Waals surface area contributed by atoms with Crippen LogP contribution in [0.2, 0.25) is 0 Å². The van der Waals surface area contributed by atoms with Crippen LogP contribution >= 0.6 is 9.47 Å². The molecule has 3 nitrogen and oxygen atoms in total. The van der Waals surface area contributed by atoms with Crippen LogP contribution in [0.4, 0.5) is 0 Å². The van der Waals surface area contributed by atoms with Crippen LogP contribution in [-0.4, -0.2) is 18.1 Å². The van der Waals surface area contributed by atoms with Gasteiger partial charge in [0.1, 0.15) is 6.04 Å². The van der Waals surface area contributed by atoms with Gasteiger partial charge in [0.05, 0.1) is 9.47 Å². The molecule has 0 radical (unpaired) electrons. The lowest BCUT2D eigenvalue weighted by atomic mass is 10.0. The van der Waals surface area contributed by atoms with Gasteiger partial charge in [-0.2, -0.15) is 0 Å². The van der Waals surface area contributed by atoms with Crippen LogP contribution in [0, 0.1) is 5.92 Å². The number of rotatable bonds is 1. The van der Waals surface area contributed by atoms with Crippen LogP contribution < -0.4 is 5.32 Å². The molecule has 2 aliphatic rings. The van der Waals surface area contributed by atoms with Crippen LogP contribution in [0.1, 0.15) is 19.3 Å². The largest absolute Gasteiger partial charge is 0.450 e. The molecule has 0 aromatic carbocycles. The van der Waals surface area contributed by atoms with Gasteiger partial charge in [0, 0.05) is 6.04 Å². The summed E-state index contributed by atoms with van der Waals surface area (Å²) in [7, 11) is 2.01. The highest BCUT2D eigenvalue weighted by molar-refractivity contribution is 7.10. The Kier molecular flexibility index (Phi) is 1.86. The molecule has 0 aromatic heterocycles. The summed E-state index contributed by atoms with van der Waals surface area (Å²) >= 11 is 0. The van der Waals surface area contributed by atoms with Crippen molar-refractivity contribution >= 4 is 15.4 Å². The Morgan fingerprint density at radius 3 is 2.82 bits per heavy atom. The van der Waals surface area contributed by atoms with Crippen molar-refractivity contribution in [2.45, 2.75) is 31.3 Å². The first-order valence-corrected chi connectivity index (χ1v) is 4.45. The molecule has 1 saturated heterocycles. The van der Waals surface area contributed by atoms with Gasteiger partial charge >= 0.3 is 5.97 Å². The summed E-state index contributed by atoms with van der Waals surface area (Å²) in [4.78, 5) is 11.1. The summed E-state index contributed by atoms with van der Waals surface area (Å²) < 4.78 is 4.60. The molecule has 0 aromatic rings. The first-order chi connectivity index (χ1) is 5.31. The van der Waals surface area contributed by atoms with Crippen molar-refractivity contribution in [2.24, 2.45) is 5.92 Å². The average molecular weight is 173 g/mol. The lowest BCUT2D eigenvalue weighted by molar-refractivity contribution is -0.136. The second-order valence-corrected chi connectivity index (χ2v) is 3.59. The molecule has 2 bridgehead atoms. The molecule has 4 atom stereocenters. The van der Waals surface area contributed by atoms with E-state index in [1.54, 1.807) is 0 Å². The van der Waals surface area contributed by atoms with Crippen LogP contribution in [0.3, 0.4) is 0 Å². The second kappa shape index (κ2) is 2.72. The van der Waals surface area contributed by atoms with Gasteiger partial charge in [-0.15, -0.1) is 0 Å². The maximum Gasteiger partial charge on any atom is 0.325 e. The summed E-state index contributed by atoms with van der Waals surface area (Å²) in [5, 5.41) is 3.25. The van der Waals surface area contributed by atoms with Crippen LogP contribution in [0.5, 0.6) is 0 Å². The number of carbonyl (C=O) groups excluding carboxylic acids is 1. The van der Waals surface area contributed by atoms with Gasteiger partial charge in [-0.05, 0) is 25.2 Å². The van der Waals surface area contributed by atoms with Crippen LogP contribution in [0.15, 0.2) is 0 Å². The van der Waals surface area contributed by atoms with Crippen molar-refractivity contribution in [1.82, 2.24) is 5.32 Å². The molecule has 2 fully saturated rings. The molecule has 1 aliphatic carbocycles. The monoisotopic (exact) mass is 173 g/mol. The third-order valence-electron chi connectivity index (χ3n) is 2.73. The topological polar surface area (TPSA) is 38.3 Å². The van der Waals surface area contributed by atoms with Crippen molar-refractivity contribution in [3.05, 3.63) is 0 Å². The van der Waals surface area contributed by atoms with E-state index < -0.39 is 0 Å². The SMILES string of the molecule is O=C(OP)C1NC2CCC1C2. The Morgan fingerprint density at radius 1 is 1.55 bits per heavy atom. The summed E-state index contributed by atoms with van der Waals surface area (Å²) in [6, 6.07) is 0.556. The van der Waals surface area contributed by atoms with Crippen LogP contribution in [0.25, 0.3) is 0 Å². The first-order valence-electron chi connectivity index (χ1n) is 3.98. The molecule has 4 unspecified atom stereocenters. The van der Waals surface area contributed by atoms with E-state index >= 15 is 0 Å². The van der Waals surface area contributed by atoms with E-state index in [9.17, 15) is 4.79 Å². The van der Waals surface area contributed by atoms with Crippen molar-refractivity contribution in [3.8, 4) is 0 Å². The lowest BCUT2D eigenvalue weighted by Gasteiger charge is -2.19. The predicted octanol–water partition coefficient (Wildman–Crippen LogP) is 0.460. The number of hydrogen-bond acceptors (Lipinski definition) is 3. The van der Waals surface area contributed by atoms with E-state index in [1.807, 2.05) is 9.47 Å². The Hall–Kier alpha value is -0.140. The molecule has 0 spiro atoms. The summed E-state index contributed by atoms with van der Waals surface area (Å²) in [5.41, 5.74) is 0. The normalized spacial score (nSPS) is 41.0. The third-order valence-corrected chi connectivity index (χ3v) is 2.96. The molecular weight excluding hydrogens is 161 g/mol. The number of nitrogens with one attached hydrogen (secondary N) is 1. The highest BCUT2D eigenvalue weighted by atomic mass is 31.0. The van der Waals surface area contributed by atoms with E-state index in [2.05, 4.69) is 9.84 Å². The Labute approximate surface area is 68.2 Å². The number of carbonyl (C=O) groups is 1. The quantitative estimate of drug-likeness (QED) is 0.585. The molecule has 1 aliphatic heterocycles. The molecular formula is C7H12NO2P. The molecule has 1 heterocycles. The van der Waals surface area contributed by atoms with E-state index in [0.717, 1.165) is 6.42 Å². The standard InChI is InChI=1S/C7H12NO2P/c9-7(10-11)6-4-1-2-5(3-4)8-6/h4-6,8H,1-3,11H2. The maximum atomic E-state index is 11.1. The average Bonchev–Trinajstić information content (AvgIpc) is 2.62. The molecule has 62 valence electrons. The fourth-order valence-corrected chi connectivity index (χ4v) is 2.34. The van der Waals surface area contributed by atoms with Gasteiger partial charge in [0.25, 0.3) is 0 Å². The Balaban J connectivity index is 2.02. The second-order valence-electron chi connectivity index (χ2n) is 3.35. The third kappa shape index (κ3) is 1.17. The van der Waals surface area contributed by atoms with E-state index in [-0.39, 0.29) is 12.0 Å². The van der Waals surface area contributed by atoms with Gasteiger partial charge in [-0.1, -0.05) is 0 Å². The Bertz CT molecular complexity index is 185. The Morgan fingerprint density at radius 2 is 2.36 bits per heavy atom. The molecule has 11 heavy (non-hydrogen) atoms. The van der Waals surface area contributed by atoms with Crippen LogP contribution in [-0.2, 0) is 9.32 Å². The number of fused-ring (bicyclic) bond motifs is 2. The highest BCUT2D eigenvalue weighted by Gasteiger charge is 2.43. The van der Waals surface area contributed by atoms with Gasteiger partial charge in [-0.3, -0.25) is 4.79 Å². The van der Waals surface area contributed by atoms with Crippen molar-refractivity contribution in [2.75, 3.05) is 0 Å². The van der Waals surface area contributed by atoms with Gasteiger partial charge in [0.15, 0.2) is 0 Å². The van der Waals surface area contributed by atoms with Crippen molar-refractivity contribution < 1.29 is 9.32 Å². The summed E-state index contributed by atoms with van der Waals surface area (Å²) in [6.07, 6.45) is 3.57. The molecule has 1 N–H and O–H groups in total. The number of hydrogen-bond donors (Lipinski definition) is 1. The zero-order valence-corrected chi connectivity index (χ0v) is 7.40. The zero-order valence-electron chi connectivity index (χ0n) is 6.25. The minimum absolute atomic E-state index is 0.0220. The fourth-order valence-electron chi connectivity index (χ4n) is 2.19. The van der Waals surface area contributed by atoms with E-state index in [0.29, 0.717) is 12.0 Å². The highest BCUT2D eigenvalue weighted by Crippen LogP contribution is 2.35. The summed E-state index contributed by atoms with van der Waals surface area (Å²) in [6.45, 7) is 0. The predicted molar refractivity (Wildman–Crippen MR) is 43.9 cm³/mol. The van der Waals surface area contributed by atoms with Gasteiger partial charge in [0.2, 0.25) is 0 Å². The lowest BCUT2D eigenvalue weighted by Crippen LogP contribution is -2.41. The first kappa shape index (κ1) is 7.51.